The molecule has 1 heterocycles. The number of methoxy groups -OCH3 is 1. The lowest BCUT2D eigenvalue weighted by molar-refractivity contribution is 0.0600. The first-order valence-corrected chi connectivity index (χ1v) is 3.96. The Labute approximate surface area is 83.7 Å². The van der Waals surface area contributed by atoms with Gasteiger partial charge in [-0.25, -0.2) is 18.6 Å². The predicted octanol–water partition coefficient (Wildman–Crippen LogP) is 2.46. The SMILES string of the molecule is COC(=O)c1cc(C(F)F)cnc1Cl. The van der Waals surface area contributed by atoms with Gasteiger partial charge in [0.15, 0.2) is 0 Å². The number of esters is 1. The number of aromatic nitrogens is 1. The molecule has 0 aliphatic carbocycles. The van der Waals surface area contributed by atoms with Crippen LogP contribution in [0.4, 0.5) is 8.78 Å². The maximum Gasteiger partial charge on any atom is 0.341 e. The zero-order valence-electron chi connectivity index (χ0n) is 7.13. The number of alkyl halides is 2. The molecular formula is C8H6ClF2NO2. The van der Waals surface area contributed by atoms with E-state index >= 15 is 0 Å². The number of ether oxygens (including phenoxy) is 1. The maximum absolute atomic E-state index is 12.2. The number of carbonyl (C=O) groups excluding carboxylic acids is 1. The second kappa shape index (κ2) is 4.32. The molecule has 3 nitrogen and oxygen atoms in total. The van der Waals surface area contributed by atoms with Crippen molar-refractivity contribution in [2.45, 2.75) is 6.43 Å². The summed E-state index contributed by atoms with van der Waals surface area (Å²) in [4.78, 5) is 14.5. The molecule has 0 fully saturated rings. The van der Waals surface area contributed by atoms with Gasteiger partial charge >= 0.3 is 5.97 Å². The van der Waals surface area contributed by atoms with Gasteiger partial charge in [-0.1, -0.05) is 11.6 Å². The zero-order valence-corrected chi connectivity index (χ0v) is 7.89. The Bertz CT molecular complexity index is 357. The van der Waals surface area contributed by atoms with E-state index in [9.17, 15) is 13.6 Å². The quantitative estimate of drug-likeness (QED) is 0.569. The van der Waals surface area contributed by atoms with Crippen LogP contribution in [0.2, 0.25) is 5.15 Å². The van der Waals surface area contributed by atoms with Crippen LogP contribution in [0.1, 0.15) is 22.3 Å². The van der Waals surface area contributed by atoms with Crippen molar-refractivity contribution in [1.29, 1.82) is 0 Å². The third-order valence-electron chi connectivity index (χ3n) is 1.52. The van der Waals surface area contributed by atoms with Crippen LogP contribution in [-0.2, 0) is 4.74 Å². The average molecular weight is 222 g/mol. The summed E-state index contributed by atoms with van der Waals surface area (Å²) < 4.78 is 28.8. The average Bonchev–Trinajstić information content (AvgIpc) is 2.17. The summed E-state index contributed by atoms with van der Waals surface area (Å²) in [5.41, 5.74) is -0.526. The largest absolute Gasteiger partial charge is 0.465 e. The van der Waals surface area contributed by atoms with Gasteiger partial charge in [0.25, 0.3) is 6.43 Å². The summed E-state index contributed by atoms with van der Waals surface area (Å²) in [6.07, 6.45) is -1.78. The molecule has 0 aliphatic heterocycles. The molecule has 76 valence electrons. The fourth-order valence-corrected chi connectivity index (χ4v) is 1.02. The first-order chi connectivity index (χ1) is 6.56. The van der Waals surface area contributed by atoms with Crippen LogP contribution >= 0.6 is 11.6 Å². The lowest BCUT2D eigenvalue weighted by Crippen LogP contribution is -2.04. The Balaban J connectivity index is 3.15. The molecule has 0 unspecified atom stereocenters. The molecule has 0 radical (unpaired) electrons. The summed E-state index contributed by atoms with van der Waals surface area (Å²) >= 11 is 5.52. The highest BCUT2D eigenvalue weighted by Crippen LogP contribution is 2.22. The van der Waals surface area contributed by atoms with Crippen molar-refractivity contribution >= 4 is 17.6 Å². The highest BCUT2D eigenvalue weighted by atomic mass is 35.5. The fraction of sp³-hybridized carbons (Fsp3) is 0.250. The van der Waals surface area contributed by atoms with E-state index in [1.807, 2.05) is 0 Å². The predicted molar refractivity (Wildman–Crippen MR) is 45.5 cm³/mol. The van der Waals surface area contributed by atoms with Gasteiger partial charge in [-0.2, -0.15) is 0 Å². The van der Waals surface area contributed by atoms with E-state index in [2.05, 4.69) is 9.72 Å². The summed E-state index contributed by atoms with van der Waals surface area (Å²) in [5.74, 6) is -0.787. The summed E-state index contributed by atoms with van der Waals surface area (Å²) in [7, 11) is 1.13. The summed E-state index contributed by atoms with van der Waals surface area (Å²) in [5, 5.41) is -0.152. The second-order valence-corrected chi connectivity index (χ2v) is 2.76. The zero-order chi connectivity index (χ0) is 10.7. The minimum atomic E-state index is -2.69. The Morgan fingerprint density at radius 2 is 2.29 bits per heavy atom. The minimum Gasteiger partial charge on any atom is -0.465 e. The van der Waals surface area contributed by atoms with Gasteiger partial charge in [0, 0.05) is 11.8 Å². The van der Waals surface area contributed by atoms with Gasteiger partial charge in [0.1, 0.15) is 5.15 Å². The smallest absolute Gasteiger partial charge is 0.341 e. The number of hydrogen-bond donors (Lipinski definition) is 0. The van der Waals surface area contributed by atoms with E-state index in [4.69, 9.17) is 11.6 Å². The normalized spacial score (nSPS) is 10.4. The molecule has 1 aromatic rings. The van der Waals surface area contributed by atoms with Crippen LogP contribution in [0.5, 0.6) is 0 Å². The third kappa shape index (κ3) is 2.17. The van der Waals surface area contributed by atoms with Gasteiger partial charge in [-0.15, -0.1) is 0 Å². The van der Waals surface area contributed by atoms with Gasteiger partial charge in [-0.3, -0.25) is 0 Å². The van der Waals surface area contributed by atoms with E-state index in [1.54, 1.807) is 0 Å². The number of pyridine rings is 1. The Morgan fingerprint density at radius 3 is 2.79 bits per heavy atom. The monoisotopic (exact) mass is 221 g/mol. The van der Waals surface area contributed by atoms with Crippen molar-refractivity contribution < 1.29 is 18.3 Å². The van der Waals surface area contributed by atoms with Crippen molar-refractivity contribution in [2.24, 2.45) is 0 Å². The number of halogens is 3. The summed E-state index contributed by atoms with van der Waals surface area (Å²) in [6, 6.07) is 0.964. The lowest BCUT2D eigenvalue weighted by Gasteiger charge is -2.04. The third-order valence-corrected chi connectivity index (χ3v) is 1.82. The standard InChI is InChI=1S/C8H6ClF2NO2/c1-14-8(13)5-2-4(7(10)11)3-12-6(5)9/h2-3,7H,1H3. The molecule has 14 heavy (non-hydrogen) atoms. The molecule has 1 aromatic heterocycles. The van der Waals surface area contributed by atoms with Crippen LogP contribution in [-0.4, -0.2) is 18.1 Å². The van der Waals surface area contributed by atoms with Crippen LogP contribution in [0.15, 0.2) is 12.3 Å². The number of nitrogens with zero attached hydrogens (tertiary/aromatic N) is 1. The molecule has 6 heteroatoms. The Hall–Kier alpha value is -1.23. The highest BCUT2D eigenvalue weighted by molar-refractivity contribution is 6.32. The fourth-order valence-electron chi connectivity index (χ4n) is 0.837. The molecule has 0 saturated heterocycles. The molecule has 0 bridgehead atoms. The Morgan fingerprint density at radius 1 is 1.64 bits per heavy atom. The van der Waals surface area contributed by atoms with E-state index in [0.29, 0.717) is 0 Å². The van der Waals surface area contributed by atoms with E-state index in [1.165, 1.54) is 0 Å². The van der Waals surface area contributed by atoms with Crippen LogP contribution in [0.25, 0.3) is 0 Å². The first kappa shape index (κ1) is 10.8. The van der Waals surface area contributed by atoms with Gasteiger partial charge < -0.3 is 4.74 Å². The van der Waals surface area contributed by atoms with Crippen molar-refractivity contribution in [3.05, 3.63) is 28.5 Å². The van der Waals surface area contributed by atoms with Crippen molar-refractivity contribution in [2.75, 3.05) is 7.11 Å². The van der Waals surface area contributed by atoms with Gasteiger partial charge in [-0.05, 0) is 6.07 Å². The van der Waals surface area contributed by atoms with Crippen LogP contribution in [0.3, 0.4) is 0 Å². The molecule has 0 amide bonds. The van der Waals surface area contributed by atoms with E-state index in [0.717, 1.165) is 19.4 Å². The molecular weight excluding hydrogens is 216 g/mol. The first-order valence-electron chi connectivity index (χ1n) is 3.58. The number of carbonyl (C=O) groups is 1. The van der Waals surface area contributed by atoms with Crippen molar-refractivity contribution in [1.82, 2.24) is 4.98 Å². The lowest BCUT2D eigenvalue weighted by atomic mass is 10.2. The highest BCUT2D eigenvalue weighted by Gasteiger charge is 2.16. The maximum atomic E-state index is 12.2. The topological polar surface area (TPSA) is 39.2 Å². The van der Waals surface area contributed by atoms with E-state index in [-0.39, 0.29) is 16.3 Å². The minimum absolute atomic E-state index is 0.152. The van der Waals surface area contributed by atoms with Crippen molar-refractivity contribution in [3.8, 4) is 0 Å². The molecule has 0 aromatic carbocycles. The number of rotatable bonds is 2. The second-order valence-electron chi connectivity index (χ2n) is 2.40. The molecule has 1 rings (SSSR count). The van der Waals surface area contributed by atoms with Gasteiger partial charge in [0.05, 0.1) is 12.7 Å². The van der Waals surface area contributed by atoms with E-state index < -0.39 is 12.4 Å². The van der Waals surface area contributed by atoms with Crippen LogP contribution < -0.4 is 0 Å². The van der Waals surface area contributed by atoms with Crippen molar-refractivity contribution in [3.63, 3.8) is 0 Å². The summed E-state index contributed by atoms with van der Waals surface area (Å²) in [6.45, 7) is 0. The molecule has 0 atom stereocenters. The molecule has 0 spiro atoms. The van der Waals surface area contributed by atoms with Gasteiger partial charge in [0.2, 0.25) is 0 Å². The molecule has 0 saturated carbocycles. The Kier molecular flexibility index (Phi) is 3.35. The van der Waals surface area contributed by atoms with Crippen LogP contribution in [0, 0.1) is 0 Å². The molecule has 0 N–H and O–H groups in total. The number of hydrogen-bond acceptors (Lipinski definition) is 3. The molecule has 0 aliphatic rings.